The van der Waals surface area contributed by atoms with Crippen LogP contribution in [0.4, 0.5) is 22.9 Å². The molecule has 0 radical (unpaired) electrons. The van der Waals surface area contributed by atoms with Gasteiger partial charge in [0.05, 0.1) is 23.5 Å². The van der Waals surface area contributed by atoms with Gasteiger partial charge in [-0.1, -0.05) is 24.1 Å². The third-order valence-corrected chi connectivity index (χ3v) is 4.95. The number of rotatable bonds is 8. The van der Waals surface area contributed by atoms with Gasteiger partial charge in [0.15, 0.2) is 0 Å². The van der Waals surface area contributed by atoms with E-state index in [0.717, 1.165) is 22.2 Å². The highest BCUT2D eigenvalue weighted by Gasteiger charge is 2.08. The molecule has 164 valence electrons. The number of terminal acetylenes is 1. The van der Waals surface area contributed by atoms with Crippen LogP contribution in [0.15, 0.2) is 73.1 Å². The minimum atomic E-state index is -0.107. The fraction of sp³-hybridized carbons (Fsp3) is 0.115. The van der Waals surface area contributed by atoms with E-state index in [9.17, 15) is 4.79 Å². The highest BCUT2D eigenvalue weighted by molar-refractivity contribution is 5.94. The summed E-state index contributed by atoms with van der Waals surface area (Å²) in [6.45, 7) is 0.393. The first-order chi connectivity index (χ1) is 16.1. The number of nitrogens with one attached hydrogen (secondary N) is 2. The summed E-state index contributed by atoms with van der Waals surface area (Å²) >= 11 is 0. The van der Waals surface area contributed by atoms with Crippen molar-refractivity contribution in [3.63, 3.8) is 0 Å². The van der Waals surface area contributed by atoms with Gasteiger partial charge < -0.3 is 21.1 Å². The largest absolute Gasteiger partial charge is 0.494 e. The van der Waals surface area contributed by atoms with E-state index in [1.807, 2.05) is 54.6 Å². The summed E-state index contributed by atoms with van der Waals surface area (Å²) in [5.41, 5.74) is 9.41. The molecule has 0 atom stereocenters. The molecule has 0 spiro atoms. The fourth-order valence-electron chi connectivity index (χ4n) is 3.29. The van der Waals surface area contributed by atoms with E-state index in [0.29, 0.717) is 42.4 Å². The van der Waals surface area contributed by atoms with Crippen molar-refractivity contribution >= 4 is 39.7 Å². The fourth-order valence-corrected chi connectivity index (χ4v) is 3.29. The predicted molar refractivity (Wildman–Crippen MR) is 131 cm³/mol. The van der Waals surface area contributed by atoms with Gasteiger partial charge in [-0.25, -0.2) is 9.97 Å². The lowest BCUT2D eigenvalue weighted by molar-refractivity contribution is -0.116. The lowest BCUT2D eigenvalue weighted by Crippen LogP contribution is -2.13. The van der Waals surface area contributed by atoms with Gasteiger partial charge >= 0.3 is 0 Å². The van der Waals surface area contributed by atoms with E-state index in [2.05, 4.69) is 26.5 Å². The summed E-state index contributed by atoms with van der Waals surface area (Å²) in [4.78, 5) is 20.9. The first kappa shape index (κ1) is 21.7. The first-order valence-corrected chi connectivity index (χ1v) is 10.5. The number of amides is 1. The number of hydrogen-bond donors (Lipinski definition) is 3. The van der Waals surface area contributed by atoms with Crippen molar-refractivity contribution in [1.82, 2.24) is 9.97 Å². The van der Waals surface area contributed by atoms with Crippen LogP contribution >= 0.6 is 0 Å². The predicted octanol–water partition coefficient (Wildman–Crippen LogP) is 4.73. The summed E-state index contributed by atoms with van der Waals surface area (Å²) in [5.74, 6) is 3.84. The summed E-state index contributed by atoms with van der Waals surface area (Å²) in [6, 6.07) is 20.3. The van der Waals surface area contributed by atoms with Crippen LogP contribution in [0.2, 0.25) is 0 Å². The van der Waals surface area contributed by atoms with E-state index in [1.165, 1.54) is 6.33 Å². The van der Waals surface area contributed by atoms with Gasteiger partial charge in [0.1, 0.15) is 17.9 Å². The van der Waals surface area contributed by atoms with Crippen LogP contribution in [0.3, 0.4) is 0 Å². The number of para-hydroxylation sites is 2. The monoisotopic (exact) mass is 437 g/mol. The number of fused-ring (bicyclic) bond motifs is 1. The zero-order valence-corrected chi connectivity index (χ0v) is 17.9. The lowest BCUT2D eigenvalue weighted by atomic mass is 10.2. The molecule has 0 fully saturated rings. The second-order valence-corrected chi connectivity index (χ2v) is 7.34. The van der Waals surface area contributed by atoms with Crippen LogP contribution in [0.1, 0.15) is 18.4 Å². The number of carbonyl (C=O) groups excluding carboxylic acids is 1. The van der Waals surface area contributed by atoms with Crippen LogP contribution in [0.25, 0.3) is 10.9 Å². The van der Waals surface area contributed by atoms with E-state index < -0.39 is 0 Å². The Labute approximate surface area is 192 Å². The maximum absolute atomic E-state index is 12.2. The Morgan fingerprint density at radius 2 is 1.94 bits per heavy atom. The molecule has 1 heterocycles. The van der Waals surface area contributed by atoms with Gasteiger partial charge in [-0.05, 0) is 55.0 Å². The summed E-state index contributed by atoms with van der Waals surface area (Å²) < 4.78 is 5.87. The zero-order valence-electron chi connectivity index (χ0n) is 17.9. The average molecular weight is 438 g/mol. The van der Waals surface area contributed by atoms with Gasteiger partial charge in [0.25, 0.3) is 0 Å². The molecule has 3 aromatic carbocycles. The molecule has 4 N–H and O–H groups in total. The standard InChI is InChI=1S/C26H23N5O2/c1-2-18-7-5-8-19(15-18)30-26-21-16-20(12-13-23(21)28-17-29-26)33-14-6-11-25(32)31-24-10-4-3-9-22(24)27/h1,3-5,7-10,12-13,15-17H,6,11,14,27H2,(H,31,32)(H,28,29,30). The van der Waals surface area contributed by atoms with E-state index in [1.54, 1.807) is 12.1 Å². The number of hydrogen-bond acceptors (Lipinski definition) is 6. The lowest BCUT2D eigenvalue weighted by Gasteiger charge is -2.11. The number of nitrogens with two attached hydrogens (primary N) is 1. The van der Waals surface area contributed by atoms with Crippen molar-refractivity contribution in [3.05, 3.63) is 78.6 Å². The molecule has 0 aliphatic rings. The number of carbonyl (C=O) groups is 1. The molecular weight excluding hydrogens is 414 g/mol. The molecule has 0 saturated heterocycles. The summed E-state index contributed by atoms with van der Waals surface area (Å²) in [7, 11) is 0. The number of nitrogens with zero attached hydrogens (tertiary/aromatic N) is 2. The Kier molecular flexibility index (Phi) is 6.67. The minimum absolute atomic E-state index is 0.107. The molecule has 7 nitrogen and oxygen atoms in total. The molecule has 33 heavy (non-hydrogen) atoms. The highest BCUT2D eigenvalue weighted by atomic mass is 16.5. The third kappa shape index (κ3) is 5.57. The second kappa shape index (κ2) is 10.2. The SMILES string of the molecule is C#Cc1cccc(Nc2ncnc3ccc(OCCCC(=O)Nc4ccccc4N)cc23)c1. The van der Waals surface area contributed by atoms with Crippen LogP contribution in [0.5, 0.6) is 5.75 Å². The molecule has 7 heteroatoms. The number of anilines is 4. The number of aromatic nitrogens is 2. The Balaban J connectivity index is 1.37. The molecule has 0 saturated carbocycles. The normalized spacial score (nSPS) is 10.4. The quantitative estimate of drug-likeness (QED) is 0.209. The number of ether oxygens (including phenoxy) is 1. The van der Waals surface area contributed by atoms with Gasteiger partial charge in [-0.15, -0.1) is 6.42 Å². The molecule has 4 rings (SSSR count). The van der Waals surface area contributed by atoms with Crippen molar-refractivity contribution in [2.75, 3.05) is 23.0 Å². The first-order valence-electron chi connectivity index (χ1n) is 10.5. The molecular formula is C26H23N5O2. The molecule has 4 aromatic rings. The highest BCUT2D eigenvalue weighted by Crippen LogP contribution is 2.27. The van der Waals surface area contributed by atoms with Crippen molar-refractivity contribution in [2.24, 2.45) is 0 Å². The van der Waals surface area contributed by atoms with Crippen molar-refractivity contribution in [2.45, 2.75) is 12.8 Å². The second-order valence-electron chi connectivity index (χ2n) is 7.34. The van der Waals surface area contributed by atoms with Crippen molar-refractivity contribution in [1.29, 1.82) is 0 Å². The van der Waals surface area contributed by atoms with Crippen LogP contribution in [0, 0.1) is 12.3 Å². The molecule has 0 aliphatic heterocycles. The molecule has 1 aromatic heterocycles. The summed E-state index contributed by atoms with van der Waals surface area (Å²) in [6.07, 6.45) is 7.89. The van der Waals surface area contributed by atoms with Crippen LogP contribution < -0.4 is 21.1 Å². The van der Waals surface area contributed by atoms with Crippen molar-refractivity contribution in [3.8, 4) is 18.1 Å². The van der Waals surface area contributed by atoms with Crippen LogP contribution in [-0.4, -0.2) is 22.5 Å². The Bertz CT molecular complexity index is 1330. The van der Waals surface area contributed by atoms with Gasteiger partial charge in [-0.3, -0.25) is 4.79 Å². The molecule has 0 aliphatic carbocycles. The molecule has 0 bridgehead atoms. The molecule has 0 unspecified atom stereocenters. The minimum Gasteiger partial charge on any atom is -0.494 e. The smallest absolute Gasteiger partial charge is 0.224 e. The van der Waals surface area contributed by atoms with E-state index in [-0.39, 0.29) is 5.91 Å². The Morgan fingerprint density at radius 1 is 1.06 bits per heavy atom. The van der Waals surface area contributed by atoms with E-state index in [4.69, 9.17) is 16.9 Å². The van der Waals surface area contributed by atoms with Gasteiger partial charge in [0.2, 0.25) is 5.91 Å². The third-order valence-electron chi connectivity index (χ3n) is 4.95. The Hall–Kier alpha value is -4.57. The van der Waals surface area contributed by atoms with Crippen LogP contribution in [-0.2, 0) is 4.79 Å². The van der Waals surface area contributed by atoms with Gasteiger partial charge in [0, 0.05) is 23.1 Å². The maximum Gasteiger partial charge on any atom is 0.224 e. The average Bonchev–Trinajstić information content (AvgIpc) is 2.84. The van der Waals surface area contributed by atoms with Gasteiger partial charge in [-0.2, -0.15) is 0 Å². The van der Waals surface area contributed by atoms with E-state index >= 15 is 0 Å². The van der Waals surface area contributed by atoms with Crippen molar-refractivity contribution < 1.29 is 9.53 Å². The maximum atomic E-state index is 12.2. The molecule has 1 amide bonds. The number of benzene rings is 3. The number of nitrogen functional groups attached to an aromatic ring is 1. The Morgan fingerprint density at radius 3 is 2.79 bits per heavy atom. The zero-order chi connectivity index (χ0) is 23.0. The topological polar surface area (TPSA) is 102 Å². The summed E-state index contributed by atoms with van der Waals surface area (Å²) in [5, 5.41) is 6.93.